The first-order valence-electron chi connectivity index (χ1n) is 5.81. The van der Waals surface area contributed by atoms with Crippen LogP contribution in [0.3, 0.4) is 0 Å². The minimum Gasteiger partial charge on any atom is -0.497 e. The lowest BCUT2D eigenvalue weighted by Gasteiger charge is -2.20. The molecule has 3 N–H and O–H groups in total. The highest BCUT2D eigenvalue weighted by Crippen LogP contribution is 2.20. The SMILES string of the molecule is COc1ccc(C(O)C(C)NCCC(=O)O)cc1. The second kappa shape index (κ2) is 6.98. The largest absolute Gasteiger partial charge is 0.497 e. The first-order chi connectivity index (χ1) is 8.54. The van der Waals surface area contributed by atoms with Crippen molar-refractivity contribution in [2.24, 2.45) is 0 Å². The van der Waals surface area contributed by atoms with Gasteiger partial charge in [-0.05, 0) is 24.6 Å². The molecule has 0 amide bonds. The number of hydrogen-bond acceptors (Lipinski definition) is 4. The number of nitrogens with one attached hydrogen (secondary N) is 1. The Bertz CT molecular complexity index is 377. The molecule has 100 valence electrons. The summed E-state index contributed by atoms with van der Waals surface area (Å²) in [6, 6.07) is 6.93. The summed E-state index contributed by atoms with van der Waals surface area (Å²) in [5.74, 6) is -0.119. The van der Waals surface area contributed by atoms with Crippen LogP contribution in [0.2, 0.25) is 0 Å². The van der Waals surface area contributed by atoms with Gasteiger partial charge in [-0.3, -0.25) is 4.79 Å². The molecule has 1 aromatic rings. The molecule has 0 bridgehead atoms. The molecular formula is C13H19NO4. The number of aliphatic hydroxyl groups excluding tert-OH is 1. The van der Waals surface area contributed by atoms with Gasteiger partial charge in [0.2, 0.25) is 0 Å². The summed E-state index contributed by atoms with van der Waals surface area (Å²) in [7, 11) is 1.58. The fourth-order valence-electron chi connectivity index (χ4n) is 1.61. The maximum absolute atomic E-state index is 10.4. The summed E-state index contributed by atoms with van der Waals surface area (Å²) >= 11 is 0. The molecule has 0 aromatic heterocycles. The number of carbonyl (C=O) groups is 1. The van der Waals surface area contributed by atoms with E-state index in [0.29, 0.717) is 6.54 Å². The molecule has 5 heteroatoms. The Morgan fingerprint density at radius 3 is 2.50 bits per heavy atom. The second-order valence-corrected chi connectivity index (χ2v) is 4.10. The number of rotatable bonds is 7. The number of benzene rings is 1. The van der Waals surface area contributed by atoms with Gasteiger partial charge >= 0.3 is 5.97 Å². The third-order valence-electron chi connectivity index (χ3n) is 2.74. The third-order valence-corrected chi connectivity index (χ3v) is 2.74. The quantitative estimate of drug-likeness (QED) is 0.680. The van der Waals surface area contributed by atoms with Crippen LogP contribution in [0.25, 0.3) is 0 Å². The molecule has 0 spiro atoms. The van der Waals surface area contributed by atoms with Crippen LogP contribution in [0.4, 0.5) is 0 Å². The van der Waals surface area contributed by atoms with E-state index in [1.54, 1.807) is 31.4 Å². The highest BCUT2D eigenvalue weighted by molar-refractivity contribution is 5.66. The minimum absolute atomic E-state index is 0.0413. The lowest BCUT2D eigenvalue weighted by molar-refractivity contribution is -0.136. The Morgan fingerprint density at radius 1 is 1.39 bits per heavy atom. The molecule has 2 atom stereocenters. The number of methoxy groups -OCH3 is 1. The summed E-state index contributed by atoms with van der Waals surface area (Å²) in [6.07, 6.45) is -0.635. The average molecular weight is 253 g/mol. The molecule has 2 unspecified atom stereocenters. The molecular weight excluding hydrogens is 234 g/mol. The lowest BCUT2D eigenvalue weighted by Crippen LogP contribution is -2.33. The molecule has 1 rings (SSSR count). The van der Waals surface area contributed by atoms with Crippen LogP contribution in [0.5, 0.6) is 5.75 Å². The van der Waals surface area contributed by atoms with Gasteiger partial charge in [-0.25, -0.2) is 0 Å². The van der Waals surface area contributed by atoms with Crippen LogP contribution in [0, 0.1) is 0 Å². The Kier molecular flexibility index (Phi) is 5.61. The first kappa shape index (κ1) is 14.5. The van der Waals surface area contributed by atoms with E-state index in [4.69, 9.17) is 9.84 Å². The van der Waals surface area contributed by atoms with E-state index in [-0.39, 0.29) is 12.5 Å². The van der Waals surface area contributed by atoms with Gasteiger partial charge in [0.25, 0.3) is 0 Å². The number of aliphatic hydroxyl groups is 1. The average Bonchev–Trinajstić information content (AvgIpc) is 2.37. The first-order valence-corrected chi connectivity index (χ1v) is 5.81. The zero-order valence-corrected chi connectivity index (χ0v) is 10.6. The number of aliphatic carboxylic acids is 1. The Morgan fingerprint density at radius 2 is 2.00 bits per heavy atom. The van der Waals surface area contributed by atoms with Gasteiger partial charge in [-0.15, -0.1) is 0 Å². The number of carboxylic acids is 1. The predicted octanol–water partition coefficient (Wildman–Crippen LogP) is 1.18. The molecule has 0 aliphatic heterocycles. The van der Waals surface area contributed by atoms with Crippen LogP contribution in [-0.4, -0.2) is 35.9 Å². The maximum atomic E-state index is 10.4. The highest BCUT2D eigenvalue weighted by Gasteiger charge is 2.15. The van der Waals surface area contributed by atoms with Gasteiger partial charge in [0.1, 0.15) is 5.75 Å². The van der Waals surface area contributed by atoms with Crippen LogP contribution in [0.15, 0.2) is 24.3 Å². The topological polar surface area (TPSA) is 78.8 Å². The van der Waals surface area contributed by atoms with E-state index in [2.05, 4.69) is 5.32 Å². The molecule has 0 radical (unpaired) electrons. The molecule has 0 fully saturated rings. The van der Waals surface area contributed by atoms with Crippen molar-refractivity contribution >= 4 is 5.97 Å². The summed E-state index contributed by atoms with van der Waals surface area (Å²) in [6.45, 7) is 2.15. The molecule has 0 aliphatic carbocycles. The van der Waals surface area contributed by atoms with E-state index < -0.39 is 12.1 Å². The molecule has 0 aliphatic rings. The Balaban J connectivity index is 2.51. The fourth-order valence-corrected chi connectivity index (χ4v) is 1.61. The van der Waals surface area contributed by atoms with Crippen LogP contribution in [-0.2, 0) is 4.79 Å². The summed E-state index contributed by atoms with van der Waals surface area (Å²) in [4.78, 5) is 10.4. The van der Waals surface area contributed by atoms with Crippen molar-refractivity contribution in [3.63, 3.8) is 0 Å². The molecule has 0 saturated carbocycles. The Labute approximate surface area is 106 Å². The van der Waals surface area contributed by atoms with Crippen molar-refractivity contribution in [2.75, 3.05) is 13.7 Å². The fraction of sp³-hybridized carbons (Fsp3) is 0.462. The Hall–Kier alpha value is -1.59. The van der Waals surface area contributed by atoms with Crippen molar-refractivity contribution in [2.45, 2.75) is 25.5 Å². The molecule has 0 saturated heterocycles. The predicted molar refractivity (Wildman–Crippen MR) is 67.7 cm³/mol. The smallest absolute Gasteiger partial charge is 0.304 e. The van der Waals surface area contributed by atoms with Crippen molar-refractivity contribution < 1.29 is 19.7 Å². The number of hydrogen-bond donors (Lipinski definition) is 3. The summed E-state index contributed by atoms with van der Waals surface area (Å²) in [5, 5.41) is 21.6. The van der Waals surface area contributed by atoms with Gasteiger partial charge in [0, 0.05) is 12.6 Å². The zero-order valence-electron chi connectivity index (χ0n) is 10.6. The number of carboxylic acid groups (broad SMARTS) is 1. The van der Waals surface area contributed by atoms with Gasteiger partial charge in [0.05, 0.1) is 19.6 Å². The van der Waals surface area contributed by atoms with E-state index in [9.17, 15) is 9.90 Å². The summed E-state index contributed by atoms with van der Waals surface area (Å²) in [5.41, 5.74) is 0.770. The van der Waals surface area contributed by atoms with E-state index in [0.717, 1.165) is 11.3 Å². The maximum Gasteiger partial charge on any atom is 0.304 e. The van der Waals surface area contributed by atoms with Crippen LogP contribution >= 0.6 is 0 Å². The monoisotopic (exact) mass is 253 g/mol. The lowest BCUT2D eigenvalue weighted by atomic mass is 10.0. The van der Waals surface area contributed by atoms with Gasteiger partial charge in [-0.2, -0.15) is 0 Å². The standard InChI is InChI=1S/C13H19NO4/c1-9(14-8-7-12(15)16)13(17)10-3-5-11(18-2)6-4-10/h3-6,9,13-14,17H,7-8H2,1-2H3,(H,15,16). The molecule has 0 heterocycles. The van der Waals surface area contributed by atoms with Crippen molar-refractivity contribution in [3.05, 3.63) is 29.8 Å². The van der Waals surface area contributed by atoms with Crippen molar-refractivity contribution in [1.29, 1.82) is 0 Å². The van der Waals surface area contributed by atoms with Crippen LogP contribution < -0.4 is 10.1 Å². The van der Waals surface area contributed by atoms with Crippen molar-refractivity contribution in [1.82, 2.24) is 5.32 Å². The second-order valence-electron chi connectivity index (χ2n) is 4.10. The molecule has 1 aromatic carbocycles. The van der Waals surface area contributed by atoms with E-state index in [1.807, 2.05) is 6.92 Å². The zero-order chi connectivity index (χ0) is 13.5. The van der Waals surface area contributed by atoms with Crippen LogP contribution in [0.1, 0.15) is 25.0 Å². The van der Waals surface area contributed by atoms with E-state index in [1.165, 1.54) is 0 Å². The van der Waals surface area contributed by atoms with Gasteiger partial charge in [0.15, 0.2) is 0 Å². The van der Waals surface area contributed by atoms with Gasteiger partial charge in [-0.1, -0.05) is 12.1 Å². The summed E-state index contributed by atoms with van der Waals surface area (Å²) < 4.78 is 5.04. The third kappa shape index (κ3) is 4.35. The van der Waals surface area contributed by atoms with Gasteiger partial charge < -0.3 is 20.3 Å². The van der Waals surface area contributed by atoms with E-state index >= 15 is 0 Å². The normalized spacial score (nSPS) is 13.9. The van der Waals surface area contributed by atoms with Crippen molar-refractivity contribution in [3.8, 4) is 5.75 Å². The molecule has 5 nitrogen and oxygen atoms in total. The highest BCUT2D eigenvalue weighted by atomic mass is 16.5. The molecule has 18 heavy (non-hydrogen) atoms. The minimum atomic E-state index is -0.853. The number of ether oxygens (including phenoxy) is 1.